The van der Waals surface area contributed by atoms with E-state index in [9.17, 15) is 13.6 Å². The number of H-pyrrole nitrogens is 1. The van der Waals surface area contributed by atoms with Gasteiger partial charge in [0, 0.05) is 30.2 Å². The van der Waals surface area contributed by atoms with Crippen LogP contribution in [0.25, 0.3) is 11.4 Å². The molecular weight excluding hydrogens is 382 g/mol. The molecule has 1 amide bonds. The summed E-state index contributed by atoms with van der Waals surface area (Å²) in [6.07, 6.45) is 0.139. The molecule has 0 spiro atoms. The second-order valence-corrected chi connectivity index (χ2v) is 6.96. The fraction of sp³-hybridized carbons (Fsp3) is 0.250. The summed E-state index contributed by atoms with van der Waals surface area (Å²) in [7, 11) is 0. The minimum Gasteiger partial charge on any atom is -0.349 e. The molecule has 0 aliphatic heterocycles. The predicted molar refractivity (Wildman–Crippen MR) is 105 cm³/mol. The molecule has 0 saturated carbocycles. The molecule has 1 aromatic heterocycles. The number of hydrogen-bond acceptors (Lipinski definition) is 3. The highest BCUT2D eigenvalue weighted by Crippen LogP contribution is 2.20. The van der Waals surface area contributed by atoms with Gasteiger partial charge in [0.15, 0.2) is 10.6 Å². The normalized spacial score (nSPS) is 12.0. The summed E-state index contributed by atoms with van der Waals surface area (Å²) in [5.74, 6) is -0.964. The Balaban J connectivity index is 1.67. The van der Waals surface area contributed by atoms with Gasteiger partial charge in [-0.3, -0.25) is 14.5 Å². The van der Waals surface area contributed by atoms with Crippen molar-refractivity contribution in [2.75, 3.05) is 0 Å². The first kappa shape index (κ1) is 19.9. The predicted octanol–water partition coefficient (Wildman–Crippen LogP) is 4.46. The molecule has 0 radical (unpaired) electrons. The summed E-state index contributed by atoms with van der Waals surface area (Å²) in [6, 6.07) is 10.5. The standard InChI is InChI=1S/C20H20F2N4OS/c1-12-3-5-14(6-4-12)19-24-25-20(28)26(19)10-9-18(27)23-13(2)16-8-7-15(21)11-17(16)22/h3-8,11,13H,9-10H2,1-2H3,(H,23,27)(H,25,28)/t13-/m1/s1. The molecule has 28 heavy (non-hydrogen) atoms. The molecule has 3 aromatic rings. The van der Waals surface area contributed by atoms with Gasteiger partial charge in [0.1, 0.15) is 11.6 Å². The third-order valence-electron chi connectivity index (χ3n) is 4.44. The fourth-order valence-corrected chi connectivity index (χ4v) is 3.13. The Morgan fingerprint density at radius 1 is 1.25 bits per heavy atom. The number of aromatic amines is 1. The molecule has 0 bridgehead atoms. The second kappa shape index (κ2) is 8.43. The maximum atomic E-state index is 13.9. The number of nitrogens with one attached hydrogen (secondary N) is 2. The van der Waals surface area contributed by atoms with Crippen molar-refractivity contribution in [2.45, 2.75) is 32.9 Å². The monoisotopic (exact) mass is 402 g/mol. The number of amides is 1. The molecule has 2 aromatic carbocycles. The molecule has 146 valence electrons. The largest absolute Gasteiger partial charge is 0.349 e. The van der Waals surface area contributed by atoms with Crippen LogP contribution >= 0.6 is 12.2 Å². The first-order valence-corrected chi connectivity index (χ1v) is 9.22. The molecule has 0 unspecified atom stereocenters. The first-order valence-electron chi connectivity index (χ1n) is 8.81. The van der Waals surface area contributed by atoms with Crippen molar-refractivity contribution in [3.63, 3.8) is 0 Å². The lowest BCUT2D eigenvalue weighted by atomic mass is 10.1. The van der Waals surface area contributed by atoms with Gasteiger partial charge < -0.3 is 5.32 Å². The van der Waals surface area contributed by atoms with E-state index >= 15 is 0 Å². The third kappa shape index (κ3) is 4.51. The summed E-state index contributed by atoms with van der Waals surface area (Å²) in [4.78, 5) is 12.3. The maximum absolute atomic E-state index is 13.9. The number of benzene rings is 2. The first-order chi connectivity index (χ1) is 13.3. The summed E-state index contributed by atoms with van der Waals surface area (Å²) < 4.78 is 29.1. The Morgan fingerprint density at radius 2 is 1.96 bits per heavy atom. The molecule has 0 aliphatic carbocycles. The van der Waals surface area contributed by atoms with Crippen LogP contribution in [0.5, 0.6) is 0 Å². The summed E-state index contributed by atoms with van der Waals surface area (Å²) in [6.45, 7) is 3.97. The van der Waals surface area contributed by atoms with Gasteiger partial charge >= 0.3 is 0 Å². The lowest BCUT2D eigenvalue weighted by Crippen LogP contribution is -2.28. The van der Waals surface area contributed by atoms with Crippen LogP contribution in [0.3, 0.4) is 0 Å². The minimum absolute atomic E-state index is 0.139. The fourth-order valence-electron chi connectivity index (χ4n) is 2.91. The highest BCUT2D eigenvalue weighted by Gasteiger charge is 2.15. The lowest BCUT2D eigenvalue weighted by molar-refractivity contribution is -0.121. The van der Waals surface area contributed by atoms with Gasteiger partial charge in [0.05, 0.1) is 6.04 Å². The number of rotatable bonds is 6. The molecule has 2 N–H and O–H groups in total. The van der Waals surface area contributed by atoms with E-state index < -0.39 is 17.7 Å². The maximum Gasteiger partial charge on any atom is 0.222 e. The highest BCUT2D eigenvalue weighted by molar-refractivity contribution is 7.71. The molecule has 8 heteroatoms. The van der Waals surface area contributed by atoms with Gasteiger partial charge in [-0.2, -0.15) is 5.10 Å². The Morgan fingerprint density at radius 3 is 2.64 bits per heavy atom. The third-order valence-corrected chi connectivity index (χ3v) is 4.75. The van der Waals surface area contributed by atoms with Crippen molar-refractivity contribution in [3.8, 4) is 11.4 Å². The summed E-state index contributed by atoms with van der Waals surface area (Å²) in [5, 5.41) is 9.73. The number of aryl methyl sites for hydroxylation is 1. The Bertz CT molecular complexity index is 1040. The molecule has 1 heterocycles. The van der Waals surface area contributed by atoms with Crippen molar-refractivity contribution >= 4 is 18.1 Å². The Labute approximate surface area is 166 Å². The Hall–Kier alpha value is -2.87. The van der Waals surface area contributed by atoms with Crippen LogP contribution in [-0.4, -0.2) is 20.7 Å². The van der Waals surface area contributed by atoms with E-state index in [1.54, 1.807) is 11.5 Å². The zero-order valence-corrected chi connectivity index (χ0v) is 16.3. The quantitative estimate of drug-likeness (QED) is 0.599. The van der Waals surface area contributed by atoms with Gasteiger partial charge in [-0.05, 0) is 32.1 Å². The zero-order chi connectivity index (χ0) is 20.3. The van der Waals surface area contributed by atoms with E-state index in [0.717, 1.165) is 17.2 Å². The van der Waals surface area contributed by atoms with Gasteiger partial charge in [0.2, 0.25) is 5.91 Å². The van der Waals surface area contributed by atoms with Gasteiger partial charge in [-0.15, -0.1) is 0 Å². The van der Waals surface area contributed by atoms with Crippen LogP contribution in [0.2, 0.25) is 0 Å². The molecule has 1 atom stereocenters. The zero-order valence-electron chi connectivity index (χ0n) is 15.5. The topological polar surface area (TPSA) is 62.7 Å². The lowest BCUT2D eigenvalue weighted by Gasteiger charge is -2.15. The molecule has 0 saturated heterocycles. The molecule has 0 fully saturated rings. The van der Waals surface area contributed by atoms with Gasteiger partial charge in [-0.1, -0.05) is 35.9 Å². The van der Waals surface area contributed by atoms with Crippen molar-refractivity contribution in [2.24, 2.45) is 0 Å². The Kier molecular flexibility index (Phi) is 5.99. The van der Waals surface area contributed by atoms with Gasteiger partial charge in [0.25, 0.3) is 0 Å². The number of carbonyl (C=O) groups is 1. The SMILES string of the molecule is Cc1ccc(-c2n[nH]c(=S)n2CCC(=O)N[C@H](C)c2ccc(F)cc2F)cc1. The number of hydrogen-bond donors (Lipinski definition) is 2. The second-order valence-electron chi connectivity index (χ2n) is 6.58. The average Bonchev–Trinajstić information content (AvgIpc) is 3.01. The molecular formula is C20H20F2N4OS. The van der Waals surface area contributed by atoms with Crippen LogP contribution in [0.15, 0.2) is 42.5 Å². The summed E-state index contributed by atoms with van der Waals surface area (Å²) >= 11 is 5.27. The highest BCUT2D eigenvalue weighted by atomic mass is 32.1. The molecule has 5 nitrogen and oxygen atoms in total. The van der Waals surface area contributed by atoms with Crippen LogP contribution in [0, 0.1) is 23.3 Å². The molecule has 0 aliphatic rings. The molecule has 3 rings (SSSR count). The number of carbonyl (C=O) groups excluding carboxylic acids is 1. The van der Waals surface area contributed by atoms with Crippen molar-refractivity contribution < 1.29 is 13.6 Å². The van der Waals surface area contributed by atoms with E-state index in [-0.39, 0.29) is 17.9 Å². The summed E-state index contributed by atoms with van der Waals surface area (Å²) in [5.41, 5.74) is 2.25. The van der Waals surface area contributed by atoms with Gasteiger partial charge in [-0.25, -0.2) is 8.78 Å². The van der Waals surface area contributed by atoms with E-state index in [1.165, 1.54) is 12.1 Å². The van der Waals surface area contributed by atoms with E-state index in [1.807, 2.05) is 31.2 Å². The van der Waals surface area contributed by atoms with Crippen LogP contribution < -0.4 is 5.32 Å². The number of nitrogens with zero attached hydrogens (tertiary/aromatic N) is 2. The van der Waals surface area contributed by atoms with E-state index in [4.69, 9.17) is 12.2 Å². The van der Waals surface area contributed by atoms with Crippen molar-refractivity contribution in [1.29, 1.82) is 0 Å². The van der Waals surface area contributed by atoms with Crippen molar-refractivity contribution in [3.05, 3.63) is 70.0 Å². The average molecular weight is 402 g/mol. The number of halogens is 2. The van der Waals surface area contributed by atoms with Crippen molar-refractivity contribution in [1.82, 2.24) is 20.1 Å². The van der Waals surface area contributed by atoms with Crippen LogP contribution in [-0.2, 0) is 11.3 Å². The van der Waals surface area contributed by atoms with E-state index in [2.05, 4.69) is 15.5 Å². The number of aromatic nitrogens is 3. The van der Waals surface area contributed by atoms with E-state index in [0.29, 0.717) is 17.1 Å². The minimum atomic E-state index is -0.688. The van der Waals surface area contributed by atoms with Crippen LogP contribution in [0.4, 0.5) is 8.78 Å². The smallest absolute Gasteiger partial charge is 0.222 e. The van der Waals surface area contributed by atoms with Crippen LogP contribution in [0.1, 0.15) is 30.5 Å².